The van der Waals surface area contributed by atoms with Crippen LogP contribution >= 0.6 is 0 Å². The molecule has 1 atom stereocenters. The first-order chi connectivity index (χ1) is 9.31. The van der Waals surface area contributed by atoms with Crippen LogP contribution in [0, 0.1) is 0 Å². The molecule has 1 aromatic heterocycles. The minimum atomic E-state index is 0.483. The SMILES string of the molecule is CCNCc1cncn1C(C)CCc1ccccc1. The zero-order valence-electron chi connectivity index (χ0n) is 11.8. The summed E-state index contributed by atoms with van der Waals surface area (Å²) < 4.78 is 2.28. The van der Waals surface area contributed by atoms with Crippen LogP contribution in [-0.4, -0.2) is 16.1 Å². The molecular weight excluding hydrogens is 234 g/mol. The minimum absolute atomic E-state index is 0.483. The lowest BCUT2D eigenvalue weighted by atomic mass is 10.1. The van der Waals surface area contributed by atoms with E-state index in [2.05, 4.69) is 59.0 Å². The van der Waals surface area contributed by atoms with Crippen molar-refractivity contribution >= 4 is 0 Å². The second-order valence-corrected chi connectivity index (χ2v) is 4.95. The van der Waals surface area contributed by atoms with E-state index >= 15 is 0 Å². The molecule has 0 saturated heterocycles. The maximum absolute atomic E-state index is 4.27. The first-order valence-electron chi connectivity index (χ1n) is 7.06. The molecule has 1 unspecified atom stereocenters. The number of nitrogens with one attached hydrogen (secondary N) is 1. The fraction of sp³-hybridized carbons (Fsp3) is 0.438. The van der Waals surface area contributed by atoms with Crippen molar-refractivity contribution < 1.29 is 0 Å². The molecule has 0 fully saturated rings. The Hall–Kier alpha value is -1.61. The van der Waals surface area contributed by atoms with E-state index in [0.717, 1.165) is 25.9 Å². The molecule has 19 heavy (non-hydrogen) atoms. The third-order valence-corrected chi connectivity index (χ3v) is 3.47. The summed E-state index contributed by atoms with van der Waals surface area (Å²) in [7, 11) is 0. The molecule has 0 radical (unpaired) electrons. The average Bonchev–Trinajstić information content (AvgIpc) is 2.92. The lowest BCUT2D eigenvalue weighted by Gasteiger charge is -2.16. The summed E-state index contributed by atoms with van der Waals surface area (Å²) in [5, 5.41) is 3.36. The Morgan fingerprint density at radius 3 is 2.79 bits per heavy atom. The second-order valence-electron chi connectivity index (χ2n) is 4.95. The molecule has 0 bridgehead atoms. The largest absolute Gasteiger partial charge is 0.331 e. The van der Waals surface area contributed by atoms with Crippen molar-refractivity contribution in [2.75, 3.05) is 6.54 Å². The van der Waals surface area contributed by atoms with Crippen LogP contribution in [0.2, 0.25) is 0 Å². The molecule has 0 aliphatic heterocycles. The van der Waals surface area contributed by atoms with Gasteiger partial charge in [0.05, 0.1) is 12.0 Å². The summed E-state index contributed by atoms with van der Waals surface area (Å²) in [4.78, 5) is 4.27. The number of aryl methyl sites for hydroxylation is 1. The molecular formula is C16H23N3. The zero-order chi connectivity index (χ0) is 13.5. The fourth-order valence-corrected chi connectivity index (χ4v) is 2.28. The van der Waals surface area contributed by atoms with Gasteiger partial charge in [-0.05, 0) is 31.9 Å². The Kier molecular flexibility index (Phi) is 5.16. The second kappa shape index (κ2) is 7.10. The van der Waals surface area contributed by atoms with E-state index in [1.165, 1.54) is 11.3 Å². The smallest absolute Gasteiger partial charge is 0.0951 e. The summed E-state index contributed by atoms with van der Waals surface area (Å²) in [5.74, 6) is 0. The van der Waals surface area contributed by atoms with Crippen molar-refractivity contribution in [3.8, 4) is 0 Å². The van der Waals surface area contributed by atoms with Gasteiger partial charge < -0.3 is 9.88 Å². The Morgan fingerprint density at radius 2 is 2.05 bits per heavy atom. The number of imidazole rings is 1. The van der Waals surface area contributed by atoms with Crippen LogP contribution in [-0.2, 0) is 13.0 Å². The molecule has 1 heterocycles. The maximum Gasteiger partial charge on any atom is 0.0951 e. The number of hydrogen-bond donors (Lipinski definition) is 1. The van der Waals surface area contributed by atoms with Gasteiger partial charge in [-0.15, -0.1) is 0 Å². The van der Waals surface area contributed by atoms with Gasteiger partial charge in [0.15, 0.2) is 0 Å². The van der Waals surface area contributed by atoms with Crippen LogP contribution in [0.1, 0.15) is 37.6 Å². The molecule has 0 aliphatic rings. The molecule has 3 nitrogen and oxygen atoms in total. The van der Waals surface area contributed by atoms with Gasteiger partial charge in [0, 0.05) is 18.8 Å². The molecule has 1 aromatic carbocycles. The van der Waals surface area contributed by atoms with E-state index < -0.39 is 0 Å². The highest BCUT2D eigenvalue weighted by atomic mass is 15.1. The van der Waals surface area contributed by atoms with Gasteiger partial charge in [0.1, 0.15) is 0 Å². The molecule has 0 saturated carbocycles. The van der Waals surface area contributed by atoms with Crippen LogP contribution in [0.25, 0.3) is 0 Å². The lowest BCUT2D eigenvalue weighted by molar-refractivity contribution is 0.483. The molecule has 0 aliphatic carbocycles. The Labute approximate surface area is 115 Å². The van der Waals surface area contributed by atoms with Crippen molar-refractivity contribution in [1.82, 2.24) is 14.9 Å². The van der Waals surface area contributed by atoms with Gasteiger partial charge in [0.2, 0.25) is 0 Å². The van der Waals surface area contributed by atoms with Crippen LogP contribution in [0.5, 0.6) is 0 Å². The van der Waals surface area contributed by atoms with Crippen LogP contribution in [0.4, 0.5) is 0 Å². The summed E-state index contributed by atoms with van der Waals surface area (Å²) in [6.07, 6.45) is 6.16. The molecule has 0 amide bonds. The topological polar surface area (TPSA) is 29.9 Å². The highest BCUT2D eigenvalue weighted by Crippen LogP contribution is 2.16. The molecule has 102 valence electrons. The summed E-state index contributed by atoms with van der Waals surface area (Å²) in [6.45, 7) is 6.27. The third kappa shape index (κ3) is 3.93. The van der Waals surface area contributed by atoms with Crippen molar-refractivity contribution in [2.24, 2.45) is 0 Å². The first-order valence-corrected chi connectivity index (χ1v) is 7.06. The van der Waals surface area contributed by atoms with E-state index in [9.17, 15) is 0 Å². The van der Waals surface area contributed by atoms with Gasteiger partial charge in [-0.1, -0.05) is 37.3 Å². The first kappa shape index (κ1) is 13.8. The molecule has 3 heteroatoms. The maximum atomic E-state index is 4.27. The number of aromatic nitrogens is 2. The summed E-state index contributed by atoms with van der Waals surface area (Å²) in [6, 6.07) is 11.1. The molecule has 2 aromatic rings. The van der Waals surface area contributed by atoms with Crippen LogP contribution < -0.4 is 5.32 Å². The standard InChI is InChI=1S/C16H23N3/c1-3-17-11-16-12-18-13-19(16)14(2)9-10-15-7-5-4-6-8-15/h4-8,12-14,17H,3,9-11H2,1-2H3. The van der Waals surface area contributed by atoms with E-state index in [0.29, 0.717) is 6.04 Å². The molecule has 2 rings (SSSR count). The van der Waals surface area contributed by atoms with Gasteiger partial charge in [-0.25, -0.2) is 4.98 Å². The van der Waals surface area contributed by atoms with Gasteiger partial charge in [-0.2, -0.15) is 0 Å². The van der Waals surface area contributed by atoms with Gasteiger partial charge in [-0.3, -0.25) is 0 Å². The molecule has 1 N–H and O–H groups in total. The quantitative estimate of drug-likeness (QED) is 0.825. The van der Waals surface area contributed by atoms with E-state index in [4.69, 9.17) is 0 Å². The number of nitrogens with zero attached hydrogens (tertiary/aromatic N) is 2. The average molecular weight is 257 g/mol. The monoisotopic (exact) mass is 257 g/mol. The fourth-order valence-electron chi connectivity index (χ4n) is 2.28. The minimum Gasteiger partial charge on any atom is -0.331 e. The van der Waals surface area contributed by atoms with Crippen LogP contribution in [0.15, 0.2) is 42.9 Å². The summed E-state index contributed by atoms with van der Waals surface area (Å²) >= 11 is 0. The number of benzene rings is 1. The van der Waals surface area contributed by atoms with Gasteiger partial charge in [0.25, 0.3) is 0 Å². The third-order valence-electron chi connectivity index (χ3n) is 3.47. The number of hydrogen-bond acceptors (Lipinski definition) is 2. The lowest BCUT2D eigenvalue weighted by Crippen LogP contribution is -2.17. The van der Waals surface area contributed by atoms with Crippen molar-refractivity contribution in [3.63, 3.8) is 0 Å². The van der Waals surface area contributed by atoms with Crippen molar-refractivity contribution in [2.45, 2.75) is 39.3 Å². The zero-order valence-corrected chi connectivity index (χ0v) is 11.8. The predicted molar refractivity (Wildman–Crippen MR) is 79.1 cm³/mol. The predicted octanol–water partition coefficient (Wildman–Crippen LogP) is 3.19. The van der Waals surface area contributed by atoms with Crippen molar-refractivity contribution in [3.05, 3.63) is 54.1 Å². The summed E-state index contributed by atoms with van der Waals surface area (Å²) in [5.41, 5.74) is 2.67. The Morgan fingerprint density at radius 1 is 1.26 bits per heavy atom. The Bertz CT molecular complexity index is 476. The van der Waals surface area contributed by atoms with E-state index in [1.807, 2.05) is 12.5 Å². The Balaban J connectivity index is 1.92. The normalized spacial score (nSPS) is 12.5. The highest BCUT2D eigenvalue weighted by molar-refractivity contribution is 5.14. The van der Waals surface area contributed by atoms with Gasteiger partial charge >= 0.3 is 0 Å². The van der Waals surface area contributed by atoms with Crippen LogP contribution in [0.3, 0.4) is 0 Å². The van der Waals surface area contributed by atoms with E-state index in [-0.39, 0.29) is 0 Å². The van der Waals surface area contributed by atoms with E-state index in [1.54, 1.807) is 0 Å². The number of rotatable bonds is 7. The van der Waals surface area contributed by atoms with Crippen molar-refractivity contribution in [1.29, 1.82) is 0 Å². The highest BCUT2D eigenvalue weighted by Gasteiger charge is 2.09. The molecule has 0 spiro atoms.